The zero-order valence-electron chi connectivity index (χ0n) is 13.3. The number of nitrogens with one attached hydrogen (secondary N) is 1. The van der Waals surface area contributed by atoms with Crippen molar-refractivity contribution in [3.63, 3.8) is 0 Å². The summed E-state index contributed by atoms with van der Waals surface area (Å²) in [5, 5.41) is 4.05. The fraction of sp³-hybridized carbons (Fsp3) is 0.263. The molecule has 4 nitrogen and oxygen atoms in total. The molecule has 0 saturated heterocycles. The van der Waals surface area contributed by atoms with E-state index in [0.717, 1.165) is 30.6 Å². The summed E-state index contributed by atoms with van der Waals surface area (Å²) in [7, 11) is 0. The van der Waals surface area contributed by atoms with E-state index in [4.69, 9.17) is 0 Å². The van der Waals surface area contributed by atoms with Crippen LogP contribution in [0.1, 0.15) is 23.1 Å². The van der Waals surface area contributed by atoms with E-state index >= 15 is 0 Å². The third-order valence-corrected chi connectivity index (χ3v) is 3.99. The standard InChI is InChI=1S/C19H21N3O/c1-15-6-4-7-16(12-15)13-20-21-19(23)14-22-11-5-9-17-8-2-3-10-18(17)22/h2-4,6-8,10,12-13H,5,9,11,14H2,1H3,(H,21,23)/b20-13+. The minimum atomic E-state index is -0.0920. The first-order valence-electron chi connectivity index (χ1n) is 7.94. The van der Waals surface area contributed by atoms with Crippen LogP contribution in [0.4, 0.5) is 5.69 Å². The van der Waals surface area contributed by atoms with Gasteiger partial charge in [0.05, 0.1) is 12.8 Å². The average Bonchev–Trinajstić information content (AvgIpc) is 2.55. The Balaban J connectivity index is 1.58. The van der Waals surface area contributed by atoms with Gasteiger partial charge in [0.2, 0.25) is 0 Å². The maximum atomic E-state index is 12.1. The number of fused-ring (bicyclic) bond motifs is 1. The molecule has 2 aromatic carbocycles. The van der Waals surface area contributed by atoms with E-state index in [1.54, 1.807) is 6.21 Å². The van der Waals surface area contributed by atoms with Crippen molar-refractivity contribution in [2.45, 2.75) is 19.8 Å². The molecular formula is C19H21N3O. The number of benzene rings is 2. The Morgan fingerprint density at radius 3 is 3.00 bits per heavy atom. The van der Waals surface area contributed by atoms with Gasteiger partial charge < -0.3 is 4.90 Å². The molecule has 0 spiro atoms. The lowest BCUT2D eigenvalue weighted by Gasteiger charge is -2.30. The molecule has 0 fully saturated rings. The van der Waals surface area contributed by atoms with Gasteiger partial charge >= 0.3 is 0 Å². The van der Waals surface area contributed by atoms with Crippen molar-refractivity contribution in [2.75, 3.05) is 18.0 Å². The van der Waals surface area contributed by atoms with E-state index in [9.17, 15) is 4.79 Å². The van der Waals surface area contributed by atoms with Crippen molar-refractivity contribution in [1.82, 2.24) is 5.43 Å². The van der Waals surface area contributed by atoms with Gasteiger partial charge in [-0.05, 0) is 37.0 Å². The van der Waals surface area contributed by atoms with E-state index in [-0.39, 0.29) is 5.91 Å². The smallest absolute Gasteiger partial charge is 0.259 e. The number of carbonyl (C=O) groups is 1. The van der Waals surface area contributed by atoms with Gasteiger partial charge in [-0.25, -0.2) is 5.43 Å². The molecule has 0 radical (unpaired) electrons. The Hall–Kier alpha value is -2.62. The monoisotopic (exact) mass is 307 g/mol. The molecule has 1 aliphatic rings. The highest BCUT2D eigenvalue weighted by Crippen LogP contribution is 2.26. The van der Waals surface area contributed by atoms with Gasteiger partial charge in [0, 0.05) is 12.2 Å². The fourth-order valence-corrected chi connectivity index (χ4v) is 2.91. The van der Waals surface area contributed by atoms with E-state index in [1.807, 2.05) is 37.3 Å². The van der Waals surface area contributed by atoms with Crippen LogP contribution in [0, 0.1) is 6.92 Å². The number of hydrogen-bond donors (Lipinski definition) is 1. The van der Waals surface area contributed by atoms with Gasteiger partial charge in [0.15, 0.2) is 0 Å². The first kappa shape index (κ1) is 15.3. The topological polar surface area (TPSA) is 44.7 Å². The predicted molar refractivity (Wildman–Crippen MR) is 93.9 cm³/mol. The molecule has 4 heteroatoms. The summed E-state index contributed by atoms with van der Waals surface area (Å²) in [5.41, 5.74) is 7.25. The molecule has 118 valence electrons. The fourth-order valence-electron chi connectivity index (χ4n) is 2.91. The minimum Gasteiger partial charge on any atom is -0.362 e. The van der Waals surface area contributed by atoms with Crippen LogP contribution >= 0.6 is 0 Å². The van der Waals surface area contributed by atoms with Gasteiger partial charge in [-0.1, -0.05) is 48.0 Å². The first-order valence-corrected chi connectivity index (χ1v) is 7.94. The normalized spacial score (nSPS) is 13.9. The maximum Gasteiger partial charge on any atom is 0.259 e. The van der Waals surface area contributed by atoms with Gasteiger partial charge in [-0.2, -0.15) is 5.10 Å². The molecule has 1 amide bonds. The molecule has 3 rings (SSSR count). The van der Waals surface area contributed by atoms with Gasteiger partial charge in [-0.15, -0.1) is 0 Å². The third kappa shape index (κ3) is 3.97. The Morgan fingerprint density at radius 1 is 1.26 bits per heavy atom. The van der Waals surface area contributed by atoms with E-state index in [1.165, 1.54) is 11.1 Å². The van der Waals surface area contributed by atoms with E-state index in [2.05, 4.69) is 33.6 Å². The van der Waals surface area contributed by atoms with Crippen molar-refractivity contribution < 1.29 is 4.79 Å². The minimum absolute atomic E-state index is 0.0920. The van der Waals surface area contributed by atoms with Crippen molar-refractivity contribution >= 4 is 17.8 Å². The molecule has 0 unspecified atom stereocenters. The second kappa shape index (κ2) is 7.09. The Bertz CT molecular complexity index is 724. The summed E-state index contributed by atoms with van der Waals surface area (Å²) in [6.45, 7) is 3.28. The molecule has 0 aromatic heterocycles. The Kier molecular flexibility index (Phi) is 4.71. The number of anilines is 1. The number of para-hydroxylation sites is 1. The summed E-state index contributed by atoms with van der Waals surface area (Å²) in [6, 6.07) is 16.3. The molecule has 1 N–H and O–H groups in total. The van der Waals surface area contributed by atoms with Gasteiger partial charge in [0.1, 0.15) is 0 Å². The molecular weight excluding hydrogens is 286 g/mol. The summed E-state index contributed by atoms with van der Waals surface area (Å²) in [4.78, 5) is 14.2. The second-order valence-electron chi connectivity index (χ2n) is 5.86. The zero-order chi connectivity index (χ0) is 16.1. The number of amides is 1. The third-order valence-electron chi connectivity index (χ3n) is 3.99. The largest absolute Gasteiger partial charge is 0.362 e. The van der Waals surface area contributed by atoms with Crippen LogP contribution in [-0.2, 0) is 11.2 Å². The lowest BCUT2D eigenvalue weighted by molar-refractivity contribution is -0.119. The number of hydrazone groups is 1. The summed E-state index contributed by atoms with van der Waals surface area (Å²) in [6.07, 6.45) is 3.84. The average molecular weight is 307 g/mol. The van der Waals surface area contributed by atoms with Crippen LogP contribution in [0.5, 0.6) is 0 Å². The predicted octanol–water partition coefficient (Wildman–Crippen LogP) is 2.90. The highest BCUT2D eigenvalue weighted by atomic mass is 16.2. The van der Waals surface area contributed by atoms with Crippen LogP contribution in [0.15, 0.2) is 53.6 Å². The van der Waals surface area contributed by atoms with Crippen molar-refractivity contribution in [2.24, 2.45) is 5.10 Å². The maximum absolute atomic E-state index is 12.1. The summed E-state index contributed by atoms with van der Waals surface area (Å²) < 4.78 is 0. The first-order chi connectivity index (χ1) is 11.2. The molecule has 1 aliphatic heterocycles. The highest BCUT2D eigenvalue weighted by molar-refractivity contribution is 5.85. The Labute approximate surface area is 136 Å². The molecule has 1 heterocycles. The number of rotatable bonds is 4. The number of hydrogen-bond acceptors (Lipinski definition) is 3. The quantitative estimate of drug-likeness (QED) is 0.697. The number of nitrogens with zero attached hydrogens (tertiary/aromatic N) is 2. The van der Waals surface area contributed by atoms with E-state index in [0.29, 0.717) is 6.54 Å². The highest BCUT2D eigenvalue weighted by Gasteiger charge is 2.18. The molecule has 0 atom stereocenters. The van der Waals surface area contributed by atoms with Crippen LogP contribution in [0.3, 0.4) is 0 Å². The van der Waals surface area contributed by atoms with Crippen LogP contribution in [0.25, 0.3) is 0 Å². The van der Waals surface area contributed by atoms with Crippen LogP contribution in [-0.4, -0.2) is 25.2 Å². The molecule has 23 heavy (non-hydrogen) atoms. The lowest BCUT2D eigenvalue weighted by atomic mass is 10.0. The summed E-state index contributed by atoms with van der Waals surface area (Å²) in [5.74, 6) is -0.0920. The van der Waals surface area contributed by atoms with Crippen LogP contribution < -0.4 is 10.3 Å². The van der Waals surface area contributed by atoms with Crippen molar-refractivity contribution in [1.29, 1.82) is 0 Å². The second-order valence-corrected chi connectivity index (χ2v) is 5.86. The number of carbonyl (C=O) groups excluding carboxylic acids is 1. The van der Waals surface area contributed by atoms with E-state index < -0.39 is 0 Å². The molecule has 2 aromatic rings. The van der Waals surface area contributed by atoms with Gasteiger partial charge in [-0.3, -0.25) is 4.79 Å². The lowest BCUT2D eigenvalue weighted by Crippen LogP contribution is -2.38. The summed E-state index contributed by atoms with van der Waals surface area (Å²) >= 11 is 0. The zero-order valence-corrected chi connectivity index (χ0v) is 13.3. The number of aryl methyl sites for hydroxylation is 2. The van der Waals surface area contributed by atoms with Crippen molar-refractivity contribution in [3.8, 4) is 0 Å². The SMILES string of the molecule is Cc1cccc(/C=N/NC(=O)CN2CCCc3ccccc32)c1. The van der Waals surface area contributed by atoms with Gasteiger partial charge in [0.25, 0.3) is 5.91 Å². The Morgan fingerprint density at radius 2 is 2.13 bits per heavy atom. The molecule has 0 aliphatic carbocycles. The molecule has 0 saturated carbocycles. The van der Waals surface area contributed by atoms with Crippen LogP contribution in [0.2, 0.25) is 0 Å². The molecule has 0 bridgehead atoms. The van der Waals surface area contributed by atoms with Crippen molar-refractivity contribution in [3.05, 3.63) is 65.2 Å².